The van der Waals surface area contributed by atoms with E-state index < -0.39 is 24.0 Å². The maximum absolute atomic E-state index is 10.6. The number of esters is 3. The Bertz CT molecular complexity index is 393. The van der Waals surface area contributed by atoms with Gasteiger partial charge in [0.15, 0.2) is 6.10 Å². The molecule has 0 aliphatic rings. The standard InChI is InChI=1S/C9H14O6.C4H4N2/c1-6(10)13-4-9(15-8(3)12)5-14-7(2)11;1-2-5-4-6-3-1/h9H,4-5H2,1-3H3;1-4H. The van der Waals surface area contributed by atoms with Crippen molar-refractivity contribution in [3.63, 3.8) is 0 Å². The lowest BCUT2D eigenvalue weighted by molar-refractivity contribution is -0.163. The van der Waals surface area contributed by atoms with Gasteiger partial charge in [-0.25, -0.2) is 9.97 Å². The molecule has 1 rings (SSSR count). The van der Waals surface area contributed by atoms with E-state index in [4.69, 9.17) is 4.74 Å². The van der Waals surface area contributed by atoms with Crippen molar-refractivity contribution >= 4 is 17.9 Å². The van der Waals surface area contributed by atoms with Gasteiger partial charge in [0.25, 0.3) is 0 Å². The molecule has 0 radical (unpaired) electrons. The van der Waals surface area contributed by atoms with Gasteiger partial charge in [0.2, 0.25) is 0 Å². The van der Waals surface area contributed by atoms with Crippen molar-refractivity contribution in [1.82, 2.24) is 9.97 Å². The minimum absolute atomic E-state index is 0.123. The summed E-state index contributed by atoms with van der Waals surface area (Å²) in [5.41, 5.74) is 0. The summed E-state index contributed by atoms with van der Waals surface area (Å²) in [5.74, 6) is -1.51. The molecule has 1 aromatic rings. The van der Waals surface area contributed by atoms with Gasteiger partial charge in [-0.3, -0.25) is 14.4 Å². The lowest BCUT2D eigenvalue weighted by Gasteiger charge is -2.15. The van der Waals surface area contributed by atoms with Gasteiger partial charge in [-0.15, -0.1) is 0 Å². The average molecular weight is 298 g/mol. The summed E-state index contributed by atoms with van der Waals surface area (Å²) in [6.07, 6.45) is 4.12. The molecule has 0 aliphatic carbocycles. The number of rotatable bonds is 5. The number of hydrogen-bond donors (Lipinski definition) is 0. The lowest BCUT2D eigenvalue weighted by Crippen LogP contribution is -2.29. The molecular weight excluding hydrogens is 280 g/mol. The molecule has 0 bridgehead atoms. The van der Waals surface area contributed by atoms with Gasteiger partial charge in [-0.2, -0.15) is 0 Å². The van der Waals surface area contributed by atoms with Crippen LogP contribution in [0.4, 0.5) is 0 Å². The monoisotopic (exact) mass is 298 g/mol. The number of ether oxygens (including phenoxy) is 3. The first-order chi connectivity index (χ1) is 9.91. The van der Waals surface area contributed by atoms with Crippen LogP contribution in [0.1, 0.15) is 20.8 Å². The van der Waals surface area contributed by atoms with Crippen molar-refractivity contribution in [2.75, 3.05) is 13.2 Å². The van der Waals surface area contributed by atoms with Gasteiger partial charge >= 0.3 is 17.9 Å². The molecule has 8 heteroatoms. The van der Waals surface area contributed by atoms with Gasteiger partial charge < -0.3 is 14.2 Å². The molecule has 8 nitrogen and oxygen atoms in total. The van der Waals surface area contributed by atoms with E-state index in [9.17, 15) is 14.4 Å². The summed E-state index contributed by atoms with van der Waals surface area (Å²) >= 11 is 0. The summed E-state index contributed by atoms with van der Waals surface area (Å²) in [7, 11) is 0. The SMILES string of the molecule is CC(=O)OCC(COC(C)=O)OC(C)=O.c1cncnc1. The highest BCUT2D eigenvalue weighted by Crippen LogP contribution is 1.97. The van der Waals surface area contributed by atoms with E-state index in [1.807, 2.05) is 0 Å². The van der Waals surface area contributed by atoms with Crippen LogP contribution in [-0.2, 0) is 28.6 Å². The maximum atomic E-state index is 10.6. The normalized spacial score (nSPS) is 9.14. The molecule has 0 aliphatic heterocycles. The van der Waals surface area contributed by atoms with Crippen LogP contribution in [0, 0.1) is 0 Å². The van der Waals surface area contributed by atoms with Crippen LogP contribution in [-0.4, -0.2) is 47.2 Å². The van der Waals surface area contributed by atoms with Crippen LogP contribution in [0.25, 0.3) is 0 Å². The van der Waals surface area contributed by atoms with Gasteiger partial charge in [0.05, 0.1) is 0 Å². The fourth-order valence-electron chi connectivity index (χ4n) is 1.02. The Hall–Kier alpha value is -2.51. The Kier molecular flexibility index (Phi) is 9.97. The highest BCUT2D eigenvalue weighted by molar-refractivity contribution is 5.67. The average Bonchev–Trinajstić information content (AvgIpc) is 2.44. The summed E-state index contributed by atoms with van der Waals surface area (Å²) in [5, 5.41) is 0. The first-order valence-electron chi connectivity index (χ1n) is 6.05. The van der Waals surface area contributed by atoms with Gasteiger partial charge in [-0.05, 0) is 6.07 Å². The number of carbonyl (C=O) groups is 3. The van der Waals surface area contributed by atoms with E-state index >= 15 is 0 Å². The fourth-order valence-corrected chi connectivity index (χ4v) is 1.02. The molecule has 0 N–H and O–H groups in total. The van der Waals surface area contributed by atoms with Crippen molar-refractivity contribution in [3.8, 4) is 0 Å². The number of aromatic nitrogens is 2. The van der Waals surface area contributed by atoms with Gasteiger partial charge in [-0.1, -0.05) is 0 Å². The van der Waals surface area contributed by atoms with Crippen molar-refractivity contribution in [3.05, 3.63) is 24.8 Å². The van der Waals surface area contributed by atoms with E-state index in [-0.39, 0.29) is 13.2 Å². The molecule has 0 aromatic carbocycles. The second-order valence-corrected chi connectivity index (χ2v) is 3.74. The highest BCUT2D eigenvalue weighted by atomic mass is 16.6. The second-order valence-electron chi connectivity index (χ2n) is 3.74. The van der Waals surface area contributed by atoms with Gasteiger partial charge in [0, 0.05) is 33.2 Å². The Labute approximate surface area is 122 Å². The van der Waals surface area contributed by atoms with Crippen molar-refractivity contribution in [1.29, 1.82) is 0 Å². The summed E-state index contributed by atoms with van der Waals surface area (Å²) in [6.45, 7) is 3.44. The molecule has 0 fully saturated rings. The van der Waals surface area contributed by atoms with E-state index in [1.54, 1.807) is 18.5 Å². The highest BCUT2D eigenvalue weighted by Gasteiger charge is 2.15. The second kappa shape index (κ2) is 11.3. The third-order valence-electron chi connectivity index (χ3n) is 1.76. The number of nitrogens with zero attached hydrogens (tertiary/aromatic N) is 2. The fraction of sp³-hybridized carbons (Fsp3) is 0.462. The predicted molar refractivity (Wildman–Crippen MR) is 70.9 cm³/mol. The Morgan fingerprint density at radius 1 is 0.905 bits per heavy atom. The minimum atomic E-state index is -0.754. The van der Waals surface area contributed by atoms with E-state index in [0.29, 0.717) is 0 Å². The van der Waals surface area contributed by atoms with Crippen LogP contribution in [0.2, 0.25) is 0 Å². The minimum Gasteiger partial charge on any atom is -0.462 e. The van der Waals surface area contributed by atoms with Crippen LogP contribution in [0.3, 0.4) is 0 Å². The Balaban J connectivity index is 0.000000547. The zero-order valence-corrected chi connectivity index (χ0v) is 12.1. The van der Waals surface area contributed by atoms with Crippen molar-refractivity contribution in [2.45, 2.75) is 26.9 Å². The van der Waals surface area contributed by atoms with Crippen LogP contribution in [0.5, 0.6) is 0 Å². The third kappa shape index (κ3) is 13.7. The molecule has 0 amide bonds. The molecule has 116 valence electrons. The topological polar surface area (TPSA) is 105 Å². The van der Waals surface area contributed by atoms with Crippen LogP contribution >= 0.6 is 0 Å². The molecule has 0 spiro atoms. The summed E-state index contributed by atoms with van der Waals surface area (Å²) < 4.78 is 14.0. The first-order valence-corrected chi connectivity index (χ1v) is 6.05. The van der Waals surface area contributed by atoms with E-state index in [1.165, 1.54) is 27.1 Å². The van der Waals surface area contributed by atoms with Crippen LogP contribution < -0.4 is 0 Å². The Morgan fingerprint density at radius 2 is 1.38 bits per heavy atom. The predicted octanol–water partition coefficient (Wildman–Crippen LogP) is 0.521. The quantitative estimate of drug-likeness (QED) is 0.572. The van der Waals surface area contributed by atoms with Gasteiger partial charge in [0.1, 0.15) is 19.5 Å². The molecule has 1 heterocycles. The zero-order valence-electron chi connectivity index (χ0n) is 12.1. The van der Waals surface area contributed by atoms with E-state index in [2.05, 4.69) is 19.4 Å². The first kappa shape index (κ1) is 18.5. The molecular formula is C13H18N2O6. The van der Waals surface area contributed by atoms with E-state index in [0.717, 1.165) is 0 Å². The third-order valence-corrected chi connectivity index (χ3v) is 1.76. The number of carbonyl (C=O) groups excluding carboxylic acids is 3. The maximum Gasteiger partial charge on any atom is 0.303 e. The molecule has 21 heavy (non-hydrogen) atoms. The summed E-state index contributed by atoms with van der Waals surface area (Å²) in [6, 6.07) is 1.78. The molecule has 1 aromatic heterocycles. The molecule has 0 atom stereocenters. The summed E-state index contributed by atoms with van der Waals surface area (Å²) in [4.78, 5) is 39.0. The number of hydrogen-bond acceptors (Lipinski definition) is 8. The zero-order chi connectivity index (χ0) is 16.1. The largest absolute Gasteiger partial charge is 0.462 e. The smallest absolute Gasteiger partial charge is 0.303 e. The van der Waals surface area contributed by atoms with Crippen molar-refractivity contribution in [2.24, 2.45) is 0 Å². The molecule has 0 saturated heterocycles. The molecule has 0 saturated carbocycles. The van der Waals surface area contributed by atoms with Crippen molar-refractivity contribution < 1.29 is 28.6 Å². The lowest BCUT2D eigenvalue weighted by atomic mass is 10.4. The Morgan fingerprint density at radius 3 is 1.62 bits per heavy atom. The molecule has 0 unspecified atom stereocenters. The van der Waals surface area contributed by atoms with Crippen LogP contribution in [0.15, 0.2) is 24.8 Å².